The maximum atomic E-state index is 12.5. The topological polar surface area (TPSA) is 60.2 Å². The summed E-state index contributed by atoms with van der Waals surface area (Å²) in [6.07, 6.45) is 1.38. The molecule has 2 aromatic rings. The van der Waals surface area contributed by atoms with E-state index in [0.717, 1.165) is 5.82 Å². The van der Waals surface area contributed by atoms with Crippen LogP contribution in [-0.2, 0) is 11.8 Å². The molecule has 0 radical (unpaired) electrons. The van der Waals surface area contributed by atoms with Gasteiger partial charge in [-0.2, -0.15) is 0 Å². The molecule has 7 heteroatoms. The number of aromatic nitrogens is 3. The summed E-state index contributed by atoms with van der Waals surface area (Å²) in [6.45, 7) is 1.51. The van der Waals surface area contributed by atoms with Crippen molar-refractivity contribution in [3.63, 3.8) is 0 Å². The maximum absolute atomic E-state index is 12.5. The minimum Gasteiger partial charge on any atom is -0.366 e. The highest BCUT2D eigenvalue weighted by atomic mass is 35.5. The van der Waals surface area contributed by atoms with Crippen molar-refractivity contribution in [1.29, 1.82) is 0 Å². The highest BCUT2D eigenvalue weighted by molar-refractivity contribution is 6.30. The van der Waals surface area contributed by atoms with Crippen LogP contribution in [0.5, 0.6) is 0 Å². The molecular formula is C14H15ClN4O2. The lowest BCUT2D eigenvalue weighted by Crippen LogP contribution is -2.42. The Kier molecular flexibility index (Phi) is 3.90. The molecule has 1 aliphatic rings. The first-order valence-electron chi connectivity index (χ1n) is 6.65. The summed E-state index contributed by atoms with van der Waals surface area (Å²) in [7, 11) is 1.86. The first-order chi connectivity index (χ1) is 10.1. The van der Waals surface area contributed by atoms with Gasteiger partial charge in [0.05, 0.1) is 13.2 Å². The molecule has 0 aliphatic carbocycles. The zero-order valence-corrected chi connectivity index (χ0v) is 12.3. The largest absolute Gasteiger partial charge is 0.366 e. The number of hydrogen-bond donors (Lipinski definition) is 0. The van der Waals surface area contributed by atoms with Crippen molar-refractivity contribution < 1.29 is 9.53 Å². The number of rotatable bonds is 2. The van der Waals surface area contributed by atoms with Gasteiger partial charge in [-0.05, 0) is 24.3 Å². The number of hydrogen-bond acceptors (Lipinski definition) is 4. The Bertz CT molecular complexity index is 641. The molecule has 0 saturated carbocycles. The van der Waals surface area contributed by atoms with E-state index in [4.69, 9.17) is 16.3 Å². The number of morpholine rings is 1. The lowest BCUT2D eigenvalue weighted by Gasteiger charge is -2.32. The number of carbonyl (C=O) groups is 1. The number of amides is 1. The number of benzene rings is 1. The van der Waals surface area contributed by atoms with Gasteiger partial charge in [-0.1, -0.05) is 11.6 Å². The van der Waals surface area contributed by atoms with Crippen LogP contribution in [0.15, 0.2) is 30.6 Å². The Balaban J connectivity index is 1.75. The minimum atomic E-state index is -0.248. The zero-order chi connectivity index (χ0) is 14.8. The van der Waals surface area contributed by atoms with Crippen molar-refractivity contribution in [2.45, 2.75) is 6.10 Å². The Morgan fingerprint density at radius 2 is 2.14 bits per heavy atom. The Labute approximate surface area is 127 Å². The molecule has 0 spiro atoms. The van der Waals surface area contributed by atoms with E-state index in [-0.39, 0.29) is 12.0 Å². The highest BCUT2D eigenvalue weighted by Crippen LogP contribution is 2.21. The lowest BCUT2D eigenvalue weighted by atomic mass is 10.1. The molecule has 1 aliphatic heterocycles. The van der Waals surface area contributed by atoms with E-state index < -0.39 is 0 Å². The number of carbonyl (C=O) groups excluding carboxylic acids is 1. The normalized spacial score (nSPS) is 18.8. The standard InChI is InChI=1S/C14H15ClN4O2/c1-18-9-16-17-13(18)12-8-19(6-7-21-12)14(20)10-2-4-11(15)5-3-10/h2-5,9,12H,6-8H2,1H3/t12-/m0/s1. The molecule has 21 heavy (non-hydrogen) atoms. The molecule has 6 nitrogen and oxygen atoms in total. The summed E-state index contributed by atoms with van der Waals surface area (Å²) in [5.74, 6) is 0.700. The Hall–Kier alpha value is -1.92. The summed E-state index contributed by atoms with van der Waals surface area (Å²) in [5.41, 5.74) is 0.623. The number of nitrogens with zero attached hydrogens (tertiary/aromatic N) is 4. The first-order valence-corrected chi connectivity index (χ1v) is 7.03. The van der Waals surface area contributed by atoms with Crippen LogP contribution in [-0.4, -0.2) is 45.3 Å². The Morgan fingerprint density at radius 3 is 2.81 bits per heavy atom. The van der Waals surface area contributed by atoms with Gasteiger partial charge < -0.3 is 14.2 Å². The predicted octanol–water partition coefficient (Wildman–Crippen LogP) is 1.68. The lowest BCUT2D eigenvalue weighted by molar-refractivity contribution is -0.0281. The van der Waals surface area contributed by atoms with Gasteiger partial charge in [0.15, 0.2) is 5.82 Å². The van der Waals surface area contributed by atoms with Crippen LogP contribution in [0.25, 0.3) is 0 Å². The minimum absolute atomic E-state index is 0.0258. The molecule has 1 amide bonds. The van der Waals surface area contributed by atoms with Crippen LogP contribution in [0.4, 0.5) is 0 Å². The first kappa shape index (κ1) is 14.0. The molecule has 1 saturated heterocycles. The van der Waals surface area contributed by atoms with Gasteiger partial charge in [0.2, 0.25) is 0 Å². The monoisotopic (exact) mass is 306 g/mol. The predicted molar refractivity (Wildman–Crippen MR) is 77.1 cm³/mol. The summed E-state index contributed by atoms with van der Waals surface area (Å²) in [5, 5.41) is 8.52. The molecule has 1 aromatic carbocycles. The molecule has 3 rings (SSSR count). The van der Waals surface area contributed by atoms with Gasteiger partial charge in [-0.15, -0.1) is 10.2 Å². The second-order valence-corrected chi connectivity index (χ2v) is 5.35. The van der Waals surface area contributed by atoms with Crippen molar-refractivity contribution in [2.24, 2.45) is 7.05 Å². The molecule has 0 N–H and O–H groups in total. The molecule has 1 atom stereocenters. The van der Waals surface area contributed by atoms with Crippen LogP contribution in [0.2, 0.25) is 5.02 Å². The molecule has 0 unspecified atom stereocenters. The third kappa shape index (κ3) is 2.91. The summed E-state index contributed by atoms with van der Waals surface area (Å²) in [6, 6.07) is 6.90. The third-order valence-corrected chi connectivity index (χ3v) is 3.73. The van der Waals surface area contributed by atoms with Crippen LogP contribution < -0.4 is 0 Å². The fraction of sp³-hybridized carbons (Fsp3) is 0.357. The average Bonchev–Trinajstić information content (AvgIpc) is 2.94. The van der Waals surface area contributed by atoms with Crippen LogP contribution >= 0.6 is 11.6 Å². The maximum Gasteiger partial charge on any atom is 0.254 e. The second kappa shape index (κ2) is 5.83. The van der Waals surface area contributed by atoms with Gasteiger partial charge >= 0.3 is 0 Å². The van der Waals surface area contributed by atoms with Crippen LogP contribution in [0, 0.1) is 0 Å². The molecule has 2 heterocycles. The fourth-order valence-electron chi connectivity index (χ4n) is 2.35. The van der Waals surface area contributed by atoms with Crippen LogP contribution in [0.3, 0.4) is 0 Å². The van der Waals surface area contributed by atoms with Gasteiger partial charge in [-0.25, -0.2) is 0 Å². The number of halogens is 1. The second-order valence-electron chi connectivity index (χ2n) is 4.92. The molecule has 0 bridgehead atoms. The Morgan fingerprint density at radius 1 is 1.38 bits per heavy atom. The fourth-order valence-corrected chi connectivity index (χ4v) is 2.47. The third-order valence-electron chi connectivity index (χ3n) is 3.48. The molecular weight excluding hydrogens is 292 g/mol. The van der Waals surface area contributed by atoms with Crippen molar-refractivity contribution in [2.75, 3.05) is 19.7 Å². The van der Waals surface area contributed by atoms with Crippen molar-refractivity contribution in [3.05, 3.63) is 47.0 Å². The van der Waals surface area contributed by atoms with E-state index in [2.05, 4.69) is 10.2 Å². The molecule has 110 valence electrons. The van der Waals surface area contributed by atoms with E-state index in [0.29, 0.717) is 30.3 Å². The smallest absolute Gasteiger partial charge is 0.254 e. The summed E-state index contributed by atoms with van der Waals surface area (Å²) < 4.78 is 7.51. The van der Waals surface area contributed by atoms with Gasteiger partial charge in [0, 0.05) is 24.2 Å². The van der Waals surface area contributed by atoms with Gasteiger partial charge in [0.25, 0.3) is 5.91 Å². The van der Waals surface area contributed by atoms with E-state index in [1.54, 1.807) is 40.1 Å². The van der Waals surface area contributed by atoms with E-state index in [9.17, 15) is 4.79 Å². The van der Waals surface area contributed by atoms with E-state index >= 15 is 0 Å². The number of ether oxygens (including phenoxy) is 1. The van der Waals surface area contributed by atoms with Crippen LogP contribution in [0.1, 0.15) is 22.3 Å². The quantitative estimate of drug-likeness (QED) is 0.847. The molecule has 1 fully saturated rings. The highest BCUT2D eigenvalue weighted by Gasteiger charge is 2.28. The number of aryl methyl sites for hydroxylation is 1. The van der Waals surface area contributed by atoms with Gasteiger partial charge in [0.1, 0.15) is 12.4 Å². The summed E-state index contributed by atoms with van der Waals surface area (Å²) in [4.78, 5) is 14.3. The van der Waals surface area contributed by atoms with Crippen molar-refractivity contribution in [3.8, 4) is 0 Å². The summed E-state index contributed by atoms with van der Waals surface area (Å²) >= 11 is 5.85. The van der Waals surface area contributed by atoms with E-state index in [1.807, 2.05) is 7.05 Å². The van der Waals surface area contributed by atoms with Gasteiger partial charge in [-0.3, -0.25) is 4.79 Å². The zero-order valence-electron chi connectivity index (χ0n) is 11.6. The average molecular weight is 307 g/mol. The van der Waals surface area contributed by atoms with Crippen molar-refractivity contribution in [1.82, 2.24) is 19.7 Å². The van der Waals surface area contributed by atoms with E-state index in [1.165, 1.54) is 0 Å². The molecule has 1 aromatic heterocycles. The SMILES string of the molecule is Cn1cnnc1[C@@H]1CN(C(=O)c2ccc(Cl)cc2)CCO1. The van der Waals surface area contributed by atoms with Crippen molar-refractivity contribution >= 4 is 17.5 Å².